The van der Waals surface area contributed by atoms with Gasteiger partial charge in [0.1, 0.15) is 23.4 Å². The first-order valence-electron chi connectivity index (χ1n) is 13.9. The van der Waals surface area contributed by atoms with Crippen LogP contribution >= 0.6 is 11.6 Å². The highest BCUT2D eigenvalue weighted by molar-refractivity contribution is 6.31. The van der Waals surface area contributed by atoms with Gasteiger partial charge in [-0.15, -0.1) is 0 Å². The van der Waals surface area contributed by atoms with Gasteiger partial charge in [-0.05, 0) is 63.1 Å². The maximum atomic E-state index is 6.39. The normalized spacial score (nSPS) is 20.9. The summed E-state index contributed by atoms with van der Waals surface area (Å²) in [7, 11) is 2.21. The monoisotopic (exact) mass is 557 g/mol. The Hall–Kier alpha value is -3.73. The first kappa shape index (κ1) is 25.3. The lowest BCUT2D eigenvalue weighted by atomic mass is 9.90. The van der Waals surface area contributed by atoms with Crippen molar-refractivity contribution in [2.24, 2.45) is 0 Å². The van der Waals surface area contributed by atoms with Crippen molar-refractivity contribution in [2.45, 2.75) is 37.8 Å². The molecular weight excluding hydrogens is 526 g/mol. The maximum absolute atomic E-state index is 6.39. The highest BCUT2D eigenvalue weighted by atomic mass is 35.5. The first-order valence-corrected chi connectivity index (χ1v) is 14.2. The molecule has 0 spiro atoms. The van der Waals surface area contributed by atoms with Crippen LogP contribution in [0.15, 0.2) is 53.2 Å². The van der Waals surface area contributed by atoms with Crippen molar-refractivity contribution in [1.82, 2.24) is 34.5 Å². The molecule has 0 atom stereocenters. The molecule has 10 nitrogen and oxygen atoms in total. The van der Waals surface area contributed by atoms with Gasteiger partial charge in [0.15, 0.2) is 11.2 Å². The van der Waals surface area contributed by atoms with Crippen LogP contribution in [0.5, 0.6) is 0 Å². The molecule has 4 heterocycles. The van der Waals surface area contributed by atoms with E-state index in [1.807, 2.05) is 30.3 Å². The predicted octanol–water partition coefficient (Wildman–Crippen LogP) is 5.34. The second-order valence-electron chi connectivity index (χ2n) is 10.9. The van der Waals surface area contributed by atoms with Crippen LogP contribution in [0.2, 0.25) is 5.02 Å². The van der Waals surface area contributed by atoms with E-state index < -0.39 is 0 Å². The number of hydrogen-bond donors (Lipinski definition) is 2. The van der Waals surface area contributed by atoms with Gasteiger partial charge in [-0.25, -0.2) is 14.6 Å². The summed E-state index contributed by atoms with van der Waals surface area (Å²) in [6.07, 6.45) is 6.05. The average molecular weight is 558 g/mol. The molecule has 2 fully saturated rings. The summed E-state index contributed by atoms with van der Waals surface area (Å²) in [5, 5.41) is 9.75. The van der Waals surface area contributed by atoms with Gasteiger partial charge in [-0.1, -0.05) is 23.7 Å². The summed E-state index contributed by atoms with van der Waals surface area (Å²) in [6, 6.07) is 14.7. The topological polar surface area (TPSA) is 114 Å². The van der Waals surface area contributed by atoms with E-state index in [0.717, 1.165) is 67.0 Å². The number of aromatic nitrogens is 5. The summed E-state index contributed by atoms with van der Waals surface area (Å²) in [5.41, 5.74) is 11.2. The van der Waals surface area contributed by atoms with Crippen LogP contribution in [0.3, 0.4) is 0 Å². The molecule has 206 valence electrons. The molecule has 1 saturated carbocycles. The van der Waals surface area contributed by atoms with Gasteiger partial charge in [0.25, 0.3) is 6.01 Å². The Bertz CT molecular complexity index is 1650. The Kier molecular flexibility index (Phi) is 6.53. The Morgan fingerprint density at radius 2 is 1.70 bits per heavy atom. The van der Waals surface area contributed by atoms with Crippen LogP contribution in [0.25, 0.3) is 33.4 Å². The number of piperazine rings is 1. The number of benzene rings is 2. The Morgan fingerprint density at radius 3 is 2.48 bits per heavy atom. The van der Waals surface area contributed by atoms with Crippen LogP contribution in [0.4, 0.5) is 17.5 Å². The minimum atomic E-state index is 0.294. The summed E-state index contributed by atoms with van der Waals surface area (Å²) in [4.78, 5) is 18.5. The number of rotatable bonds is 5. The summed E-state index contributed by atoms with van der Waals surface area (Å²) in [6.45, 7) is 4.63. The fraction of sp³-hybridized carbons (Fsp3) is 0.379. The molecule has 1 aliphatic carbocycles. The number of nitrogens with one attached hydrogen (secondary N) is 1. The molecule has 0 unspecified atom stereocenters. The van der Waals surface area contributed by atoms with E-state index >= 15 is 0 Å². The molecule has 1 aliphatic heterocycles. The molecule has 7 rings (SSSR count). The van der Waals surface area contributed by atoms with Crippen molar-refractivity contribution < 1.29 is 4.42 Å². The number of nitrogen functional groups attached to an aromatic ring is 1. The van der Waals surface area contributed by atoms with Gasteiger partial charge < -0.3 is 20.4 Å². The average Bonchev–Trinajstić information content (AvgIpc) is 3.56. The van der Waals surface area contributed by atoms with Crippen molar-refractivity contribution in [3.63, 3.8) is 0 Å². The molecule has 0 bridgehead atoms. The van der Waals surface area contributed by atoms with Crippen molar-refractivity contribution in [3.05, 3.63) is 53.8 Å². The number of hydrogen-bond acceptors (Lipinski definition) is 9. The van der Waals surface area contributed by atoms with E-state index in [2.05, 4.69) is 41.8 Å². The van der Waals surface area contributed by atoms with E-state index in [1.54, 1.807) is 12.1 Å². The Labute approximate surface area is 237 Å². The number of nitrogens with two attached hydrogens (primary N) is 1. The lowest BCUT2D eigenvalue weighted by Gasteiger charge is -2.41. The van der Waals surface area contributed by atoms with Gasteiger partial charge >= 0.3 is 0 Å². The number of oxazole rings is 1. The standard InChI is InChI=1S/C29H32ClN9O/c1-37-12-14-38(15-13-37)21-7-9-22(10-8-21)39-28-25(27(31)32-17-33-28)26(36-39)18-2-5-20(6-3-18)34-29-35-23-16-19(30)4-11-24(23)40-29/h2-6,11,16-17,21-22H,7-10,12-15H2,1H3,(H,34,35)(H2,31,32,33)/t21-,22+. The fourth-order valence-corrected chi connectivity index (χ4v) is 6.26. The molecular formula is C29H32ClN9O. The van der Waals surface area contributed by atoms with Crippen molar-refractivity contribution >= 4 is 51.3 Å². The van der Waals surface area contributed by atoms with Gasteiger partial charge in [0, 0.05) is 48.5 Å². The lowest BCUT2D eigenvalue weighted by molar-refractivity contribution is 0.0815. The van der Waals surface area contributed by atoms with Crippen molar-refractivity contribution in [3.8, 4) is 11.3 Å². The van der Waals surface area contributed by atoms with E-state index in [-0.39, 0.29) is 0 Å². The van der Waals surface area contributed by atoms with Crippen LogP contribution in [0.1, 0.15) is 31.7 Å². The van der Waals surface area contributed by atoms with E-state index in [1.165, 1.54) is 19.2 Å². The summed E-state index contributed by atoms with van der Waals surface area (Å²) >= 11 is 6.08. The van der Waals surface area contributed by atoms with Gasteiger partial charge in [-0.3, -0.25) is 4.90 Å². The molecule has 0 amide bonds. The molecule has 2 aliphatic rings. The summed E-state index contributed by atoms with van der Waals surface area (Å²) in [5.74, 6) is 0.449. The molecule has 5 aromatic rings. The third-order valence-corrected chi connectivity index (χ3v) is 8.58. The third-order valence-electron chi connectivity index (χ3n) is 8.34. The molecule has 11 heteroatoms. The lowest BCUT2D eigenvalue weighted by Crippen LogP contribution is -2.49. The zero-order valence-electron chi connectivity index (χ0n) is 22.4. The molecule has 3 N–H and O–H groups in total. The number of fused-ring (bicyclic) bond motifs is 2. The highest BCUT2D eigenvalue weighted by Crippen LogP contribution is 2.37. The van der Waals surface area contributed by atoms with Crippen LogP contribution in [-0.2, 0) is 0 Å². The van der Waals surface area contributed by atoms with Crippen LogP contribution in [0, 0.1) is 0 Å². The van der Waals surface area contributed by atoms with E-state index in [0.29, 0.717) is 40.0 Å². The molecule has 3 aromatic heterocycles. The number of likely N-dealkylation sites (N-methyl/N-ethyl adjacent to an activating group) is 1. The second-order valence-corrected chi connectivity index (χ2v) is 11.3. The van der Waals surface area contributed by atoms with Gasteiger partial charge in [-0.2, -0.15) is 10.1 Å². The molecule has 1 saturated heterocycles. The first-order chi connectivity index (χ1) is 19.5. The van der Waals surface area contributed by atoms with E-state index in [4.69, 9.17) is 26.9 Å². The SMILES string of the molecule is CN1CCN([C@H]2CC[C@@H](n3nc(-c4ccc(Nc5nc6cc(Cl)ccc6o5)cc4)c4c(N)ncnc43)CC2)CC1. The van der Waals surface area contributed by atoms with Crippen molar-refractivity contribution in [1.29, 1.82) is 0 Å². The fourth-order valence-electron chi connectivity index (χ4n) is 6.10. The van der Waals surface area contributed by atoms with Gasteiger partial charge in [0.2, 0.25) is 0 Å². The third kappa shape index (κ3) is 4.76. The summed E-state index contributed by atoms with van der Waals surface area (Å²) < 4.78 is 7.90. The molecule has 2 aromatic carbocycles. The Morgan fingerprint density at radius 1 is 0.950 bits per heavy atom. The Balaban J connectivity index is 1.12. The number of anilines is 3. The maximum Gasteiger partial charge on any atom is 0.300 e. The predicted molar refractivity (Wildman–Crippen MR) is 158 cm³/mol. The largest absolute Gasteiger partial charge is 0.423 e. The van der Waals surface area contributed by atoms with Crippen molar-refractivity contribution in [2.75, 3.05) is 44.3 Å². The van der Waals surface area contributed by atoms with Gasteiger partial charge in [0.05, 0.1) is 11.4 Å². The van der Waals surface area contributed by atoms with Crippen LogP contribution < -0.4 is 11.1 Å². The minimum absolute atomic E-state index is 0.294. The zero-order chi connectivity index (χ0) is 27.2. The molecule has 0 radical (unpaired) electrons. The zero-order valence-corrected chi connectivity index (χ0v) is 23.2. The van der Waals surface area contributed by atoms with Crippen LogP contribution in [-0.4, -0.2) is 73.8 Å². The highest BCUT2D eigenvalue weighted by Gasteiger charge is 2.30. The molecule has 40 heavy (non-hydrogen) atoms. The number of halogens is 1. The minimum Gasteiger partial charge on any atom is -0.423 e. The quantitative estimate of drug-likeness (QED) is 0.295. The number of nitrogens with zero attached hydrogens (tertiary/aromatic N) is 7. The van der Waals surface area contributed by atoms with E-state index in [9.17, 15) is 0 Å². The second kappa shape index (κ2) is 10.3. The smallest absolute Gasteiger partial charge is 0.300 e.